The zero-order chi connectivity index (χ0) is 20.7. The van der Waals surface area contributed by atoms with Gasteiger partial charge >= 0.3 is 0 Å². The third kappa shape index (κ3) is 3.73. The van der Waals surface area contributed by atoms with Crippen LogP contribution in [0.1, 0.15) is 32.2 Å². The number of hydrogen-bond donors (Lipinski definition) is 1. The van der Waals surface area contributed by atoms with Gasteiger partial charge in [0.15, 0.2) is 10.8 Å². The van der Waals surface area contributed by atoms with Gasteiger partial charge < -0.3 is 0 Å². The average molecular weight is 413 g/mol. The SMILES string of the molecule is Cc1cc(C(=O)Nc2ncc(Cc3ccc(F)cc3F)s2)c2c(C)nn(C)c2n1. The molecule has 3 heterocycles. The van der Waals surface area contributed by atoms with Crippen LogP contribution >= 0.6 is 11.3 Å². The van der Waals surface area contributed by atoms with Crippen molar-refractivity contribution in [2.75, 3.05) is 5.32 Å². The largest absolute Gasteiger partial charge is 0.298 e. The number of nitrogens with one attached hydrogen (secondary N) is 1. The van der Waals surface area contributed by atoms with Gasteiger partial charge in [-0.3, -0.25) is 14.8 Å². The third-order valence-corrected chi connectivity index (χ3v) is 5.41. The van der Waals surface area contributed by atoms with E-state index in [1.807, 2.05) is 13.8 Å². The van der Waals surface area contributed by atoms with Crippen molar-refractivity contribution in [2.45, 2.75) is 20.3 Å². The summed E-state index contributed by atoms with van der Waals surface area (Å²) in [6.45, 7) is 3.64. The molecule has 1 aromatic carbocycles. The number of thiazole rings is 1. The third-order valence-electron chi connectivity index (χ3n) is 4.50. The molecule has 1 amide bonds. The lowest BCUT2D eigenvalue weighted by Crippen LogP contribution is -2.13. The summed E-state index contributed by atoms with van der Waals surface area (Å²) in [5.41, 5.74) is 2.90. The number of aromatic nitrogens is 4. The van der Waals surface area contributed by atoms with Gasteiger partial charge in [0.05, 0.1) is 16.6 Å². The highest BCUT2D eigenvalue weighted by Gasteiger charge is 2.19. The average Bonchev–Trinajstić information content (AvgIpc) is 3.21. The molecule has 0 bridgehead atoms. The van der Waals surface area contributed by atoms with Crippen LogP contribution in [0.15, 0.2) is 30.5 Å². The van der Waals surface area contributed by atoms with Gasteiger partial charge in [0.1, 0.15) is 11.6 Å². The molecule has 0 unspecified atom stereocenters. The fourth-order valence-electron chi connectivity index (χ4n) is 3.21. The molecule has 4 rings (SSSR count). The van der Waals surface area contributed by atoms with E-state index in [0.29, 0.717) is 38.7 Å². The van der Waals surface area contributed by atoms with Crippen molar-refractivity contribution in [1.82, 2.24) is 19.7 Å². The van der Waals surface area contributed by atoms with Crippen molar-refractivity contribution in [3.05, 3.63) is 69.5 Å². The number of nitrogens with zero attached hydrogens (tertiary/aromatic N) is 4. The number of fused-ring (bicyclic) bond motifs is 1. The molecule has 0 radical (unpaired) electrons. The van der Waals surface area contributed by atoms with Crippen LogP contribution < -0.4 is 5.32 Å². The van der Waals surface area contributed by atoms with Gasteiger partial charge in [-0.05, 0) is 31.5 Å². The van der Waals surface area contributed by atoms with Crippen LogP contribution in [0.2, 0.25) is 0 Å². The van der Waals surface area contributed by atoms with E-state index in [4.69, 9.17) is 0 Å². The number of aryl methyl sites for hydroxylation is 3. The molecule has 0 saturated heterocycles. The number of amides is 1. The highest BCUT2D eigenvalue weighted by atomic mass is 32.1. The van der Waals surface area contributed by atoms with Gasteiger partial charge in [-0.1, -0.05) is 6.07 Å². The summed E-state index contributed by atoms with van der Waals surface area (Å²) in [6.07, 6.45) is 1.84. The first-order chi connectivity index (χ1) is 13.8. The molecule has 0 aliphatic heterocycles. The lowest BCUT2D eigenvalue weighted by Gasteiger charge is -2.05. The summed E-state index contributed by atoms with van der Waals surface area (Å²) in [7, 11) is 1.78. The summed E-state index contributed by atoms with van der Waals surface area (Å²) in [5, 5.41) is 8.23. The minimum Gasteiger partial charge on any atom is -0.298 e. The molecule has 0 atom stereocenters. The highest BCUT2D eigenvalue weighted by molar-refractivity contribution is 7.15. The van der Waals surface area contributed by atoms with E-state index in [2.05, 4.69) is 20.4 Å². The zero-order valence-electron chi connectivity index (χ0n) is 16.0. The molecule has 4 aromatic rings. The standard InChI is InChI=1S/C20H17F2N5OS/c1-10-6-15(17-11(2)26-27(3)18(17)24-10)19(28)25-20-23-9-14(29-20)7-12-4-5-13(21)8-16(12)22/h4-6,8-9H,7H2,1-3H3,(H,23,25,28). The van der Waals surface area contributed by atoms with E-state index in [0.717, 1.165) is 10.9 Å². The van der Waals surface area contributed by atoms with Crippen molar-refractivity contribution in [3.63, 3.8) is 0 Å². The van der Waals surface area contributed by atoms with E-state index < -0.39 is 11.6 Å². The molecule has 3 aromatic heterocycles. The quantitative estimate of drug-likeness (QED) is 0.545. The fourth-order valence-corrected chi connectivity index (χ4v) is 4.04. The number of carbonyl (C=O) groups is 1. The van der Waals surface area contributed by atoms with Crippen LogP contribution in [-0.2, 0) is 13.5 Å². The van der Waals surface area contributed by atoms with Crippen LogP contribution in [-0.4, -0.2) is 25.7 Å². The lowest BCUT2D eigenvalue weighted by molar-refractivity contribution is 0.102. The summed E-state index contributed by atoms with van der Waals surface area (Å²) in [6, 6.07) is 5.20. The van der Waals surface area contributed by atoms with Crippen LogP contribution in [0, 0.1) is 25.5 Å². The minimum atomic E-state index is -0.617. The van der Waals surface area contributed by atoms with Gasteiger partial charge in [0, 0.05) is 36.3 Å². The Hall–Kier alpha value is -3.20. The first-order valence-corrected chi connectivity index (χ1v) is 9.64. The number of benzene rings is 1. The molecular formula is C20H17F2N5OS. The first-order valence-electron chi connectivity index (χ1n) is 8.82. The van der Waals surface area contributed by atoms with Crippen LogP contribution in [0.4, 0.5) is 13.9 Å². The molecule has 0 aliphatic carbocycles. The normalized spacial score (nSPS) is 11.2. The maximum atomic E-state index is 13.9. The molecule has 148 valence electrons. The van der Waals surface area contributed by atoms with E-state index in [1.54, 1.807) is 24.0 Å². The number of rotatable bonds is 4. The van der Waals surface area contributed by atoms with E-state index in [1.165, 1.54) is 23.5 Å². The molecule has 0 fully saturated rings. The second-order valence-electron chi connectivity index (χ2n) is 6.72. The van der Waals surface area contributed by atoms with Crippen molar-refractivity contribution in [1.29, 1.82) is 0 Å². The van der Waals surface area contributed by atoms with Crippen molar-refractivity contribution < 1.29 is 13.6 Å². The number of anilines is 1. The Labute approximate surface area is 169 Å². The molecule has 0 spiro atoms. The molecule has 9 heteroatoms. The lowest BCUT2D eigenvalue weighted by atomic mass is 10.1. The van der Waals surface area contributed by atoms with Gasteiger partial charge in [-0.2, -0.15) is 5.10 Å². The number of pyridine rings is 1. The molecule has 0 saturated carbocycles. The first kappa shape index (κ1) is 19.1. The summed E-state index contributed by atoms with van der Waals surface area (Å²) >= 11 is 1.24. The topological polar surface area (TPSA) is 72.7 Å². The summed E-state index contributed by atoms with van der Waals surface area (Å²) in [5.74, 6) is -1.54. The highest BCUT2D eigenvalue weighted by Crippen LogP contribution is 2.26. The Kier molecular flexibility index (Phi) is 4.83. The van der Waals surface area contributed by atoms with Gasteiger partial charge in [0.2, 0.25) is 0 Å². The Morgan fingerprint density at radius 2 is 2.03 bits per heavy atom. The molecule has 29 heavy (non-hydrogen) atoms. The van der Waals surface area contributed by atoms with Crippen molar-refractivity contribution >= 4 is 33.4 Å². The van der Waals surface area contributed by atoms with Crippen molar-refractivity contribution in [3.8, 4) is 0 Å². The number of hydrogen-bond acceptors (Lipinski definition) is 5. The van der Waals surface area contributed by atoms with E-state index in [-0.39, 0.29) is 12.3 Å². The fraction of sp³-hybridized carbons (Fsp3) is 0.200. The second kappa shape index (κ2) is 7.32. The maximum absolute atomic E-state index is 13.9. The zero-order valence-corrected chi connectivity index (χ0v) is 16.8. The minimum absolute atomic E-state index is 0.264. The number of halogens is 2. The predicted octanol–water partition coefficient (Wildman–Crippen LogP) is 4.16. The molecule has 6 nitrogen and oxygen atoms in total. The monoisotopic (exact) mass is 413 g/mol. The Morgan fingerprint density at radius 3 is 2.79 bits per heavy atom. The Bertz CT molecular complexity index is 1250. The van der Waals surface area contributed by atoms with Gasteiger partial charge in [-0.15, -0.1) is 11.3 Å². The van der Waals surface area contributed by atoms with Crippen LogP contribution in [0.3, 0.4) is 0 Å². The molecular weight excluding hydrogens is 396 g/mol. The summed E-state index contributed by atoms with van der Waals surface area (Å²) < 4.78 is 28.6. The van der Waals surface area contributed by atoms with Gasteiger partial charge in [0.25, 0.3) is 5.91 Å². The smallest absolute Gasteiger partial charge is 0.258 e. The number of carbonyl (C=O) groups excluding carboxylic acids is 1. The Morgan fingerprint density at radius 1 is 1.24 bits per heavy atom. The Balaban J connectivity index is 1.58. The molecule has 0 aliphatic rings. The van der Waals surface area contributed by atoms with Gasteiger partial charge in [-0.25, -0.2) is 18.7 Å². The van der Waals surface area contributed by atoms with Crippen LogP contribution in [0.25, 0.3) is 11.0 Å². The second-order valence-corrected chi connectivity index (χ2v) is 7.83. The summed E-state index contributed by atoms with van der Waals surface area (Å²) in [4.78, 5) is 22.3. The predicted molar refractivity (Wildman–Crippen MR) is 107 cm³/mol. The maximum Gasteiger partial charge on any atom is 0.258 e. The molecule has 1 N–H and O–H groups in total. The van der Waals surface area contributed by atoms with Crippen molar-refractivity contribution in [2.24, 2.45) is 7.05 Å². The van der Waals surface area contributed by atoms with E-state index >= 15 is 0 Å². The van der Waals surface area contributed by atoms with Crippen LogP contribution in [0.5, 0.6) is 0 Å². The van der Waals surface area contributed by atoms with E-state index in [9.17, 15) is 13.6 Å².